The van der Waals surface area contributed by atoms with E-state index in [1.54, 1.807) is 12.1 Å². The summed E-state index contributed by atoms with van der Waals surface area (Å²) >= 11 is 3.41. The quantitative estimate of drug-likeness (QED) is 0.503. The molecule has 0 bridgehead atoms. The zero-order chi connectivity index (χ0) is 19.8. The van der Waals surface area contributed by atoms with E-state index in [4.69, 9.17) is 4.74 Å². The van der Waals surface area contributed by atoms with E-state index in [9.17, 15) is 9.90 Å². The number of esters is 1. The van der Waals surface area contributed by atoms with Crippen molar-refractivity contribution in [2.75, 3.05) is 0 Å². The maximum absolute atomic E-state index is 12.7. The third kappa shape index (κ3) is 5.94. The molecule has 4 nitrogen and oxygen atoms in total. The Bertz CT molecular complexity index is 900. The van der Waals surface area contributed by atoms with Gasteiger partial charge in [-0.3, -0.25) is 10.1 Å². The van der Waals surface area contributed by atoms with Gasteiger partial charge >= 0.3 is 5.97 Å². The van der Waals surface area contributed by atoms with Gasteiger partial charge in [0.25, 0.3) is 0 Å². The zero-order valence-electron chi connectivity index (χ0n) is 15.3. The molecule has 0 unspecified atom stereocenters. The van der Waals surface area contributed by atoms with Gasteiger partial charge in [0.1, 0.15) is 18.4 Å². The minimum Gasteiger partial charge on any atom is -0.508 e. The van der Waals surface area contributed by atoms with Crippen molar-refractivity contribution in [1.29, 1.82) is 0 Å². The van der Waals surface area contributed by atoms with Gasteiger partial charge in [0.05, 0.1) is 0 Å². The molecule has 0 aliphatic rings. The monoisotopic (exact) mass is 439 g/mol. The smallest absolute Gasteiger partial charge is 0.323 e. The molecule has 1 atom stereocenters. The number of hydrogen-bond acceptors (Lipinski definition) is 4. The maximum atomic E-state index is 12.7. The highest BCUT2D eigenvalue weighted by Crippen LogP contribution is 2.22. The molecule has 2 N–H and O–H groups in total. The average molecular weight is 440 g/mol. The Balaban J connectivity index is 1.68. The van der Waals surface area contributed by atoms with E-state index in [1.807, 2.05) is 66.7 Å². The molecule has 28 heavy (non-hydrogen) atoms. The number of benzene rings is 3. The number of phenols is 1. The summed E-state index contributed by atoms with van der Waals surface area (Å²) in [7, 11) is 0. The number of rotatable bonds is 8. The van der Waals surface area contributed by atoms with Crippen LogP contribution in [-0.2, 0) is 29.1 Å². The zero-order valence-corrected chi connectivity index (χ0v) is 16.9. The minimum absolute atomic E-state index is 0.187. The second-order valence-corrected chi connectivity index (χ2v) is 7.41. The summed E-state index contributed by atoms with van der Waals surface area (Å²) in [6, 6.07) is 24.1. The van der Waals surface area contributed by atoms with Crippen LogP contribution in [0.15, 0.2) is 83.3 Å². The van der Waals surface area contributed by atoms with Crippen molar-refractivity contribution >= 4 is 21.9 Å². The van der Waals surface area contributed by atoms with Crippen LogP contribution in [0.2, 0.25) is 0 Å². The Labute approximate surface area is 173 Å². The summed E-state index contributed by atoms with van der Waals surface area (Å²) in [4.78, 5) is 12.7. The molecule has 144 valence electrons. The first kappa shape index (κ1) is 20.1. The van der Waals surface area contributed by atoms with E-state index < -0.39 is 6.04 Å². The SMILES string of the molecule is O=C(OCc1ccccc1)[C@H](Cc1ccccc1)NCc1cc(Br)ccc1O. The largest absolute Gasteiger partial charge is 0.508 e. The number of carbonyl (C=O) groups is 1. The van der Waals surface area contributed by atoms with E-state index in [0.717, 1.165) is 15.6 Å². The standard InChI is InChI=1S/C23H22BrNO3/c24-20-11-12-22(26)19(14-20)15-25-21(13-17-7-3-1-4-8-17)23(27)28-16-18-9-5-2-6-10-18/h1-12,14,21,25-26H,13,15-16H2/t21-/m0/s1. The molecule has 0 spiro atoms. The average Bonchev–Trinajstić information content (AvgIpc) is 2.73. The number of phenolic OH excluding ortho intramolecular Hbond substituents is 1. The second-order valence-electron chi connectivity index (χ2n) is 6.49. The van der Waals surface area contributed by atoms with Crippen molar-refractivity contribution in [2.45, 2.75) is 25.6 Å². The number of ether oxygens (including phenoxy) is 1. The Morgan fingerprint density at radius 1 is 0.964 bits per heavy atom. The predicted molar refractivity (Wildman–Crippen MR) is 113 cm³/mol. The highest BCUT2D eigenvalue weighted by Gasteiger charge is 2.21. The van der Waals surface area contributed by atoms with Crippen LogP contribution in [0.25, 0.3) is 0 Å². The van der Waals surface area contributed by atoms with E-state index >= 15 is 0 Å². The highest BCUT2D eigenvalue weighted by atomic mass is 79.9. The first-order valence-electron chi connectivity index (χ1n) is 9.07. The van der Waals surface area contributed by atoms with Crippen molar-refractivity contribution in [1.82, 2.24) is 5.32 Å². The first-order valence-corrected chi connectivity index (χ1v) is 9.86. The molecule has 0 amide bonds. The molecule has 0 fully saturated rings. The molecule has 5 heteroatoms. The second kappa shape index (κ2) is 10.1. The Kier molecular flexibility index (Phi) is 7.23. The number of halogens is 1. The van der Waals surface area contributed by atoms with Crippen LogP contribution < -0.4 is 5.32 Å². The lowest BCUT2D eigenvalue weighted by Crippen LogP contribution is -2.39. The van der Waals surface area contributed by atoms with Crippen LogP contribution in [0, 0.1) is 0 Å². The summed E-state index contributed by atoms with van der Waals surface area (Å²) in [6.45, 7) is 0.581. The Morgan fingerprint density at radius 2 is 1.61 bits per heavy atom. The van der Waals surface area contributed by atoms with Gasteiger partial charge in [-0.15, -0.1) is 0 Å². The topological polar surface area (TPSA) is 58.6 Å². The number of hydrogen-bond donors (Lipinski definition) is 2. The summed E-state index contributed by atoms with van der Waals surface area (Å²) in [6.07, 6.45) is 0.503. The van der Waals surface area contributed by atoms with Gasteiger partial charge in [0.15, 0.2) is 0 Å². The van der Waals surface area contributed by atoms with Gasteiger partial charge in [-0.25, -0.2) is 0 Å². The molecule has 0 saturated carbocycles. The summed E-state index contributed by atoms with van der Waals surface area (Å²) in [5.41, 5.74) is 2.69. The maximum Gasteiger partial charge on any atom is 0.323 e. The molecule has 3 aromatic rings. The summed E-state index contributed by atoms with van der Waals surface area (Å²) in [5, 5.41) is 13.3. The summed E-state index contributed by atoms with van der Waals surface area (Å²) in [5.74, 6) is -0.131. The lowest BCUT2D eigenvalue weighted by Gasteiger charge is -2.18. The van der Waals surface area contributed by atoms with Crippen LogP contribution in [0.4, 0.5) is 0 Å². The normalized spacial score (nSPS) is 11.8. The fourth-order valence-corrected chi connectivity index (χ4v) is 3.26. The van der Waals surface area contributed by atoms with Crippen LogP contribution in [0.1, 0.15) is 16.7 Å². The van der Waals surface area contributed by atoms with Crippen LogP contribution in [-0.4, -0.2) is 17.1 Å². The van der Waals surface area contributed by atoms with Crippen molar-refractivity contribution in [3.8, 4) is 5.75 Å². The molecule has 0 radical (unpaired) electrons. The molecule has 0 saturated heterocycles. The Morgan fingerprint density at radius 3 is 2.29 bits per heavy atom. The first-order chi connectivity index (χ1) is 13.6. The number of aromatic hydroxyl groups is 1. The van der Waals surface area contributed by atoms with Gasteiger partial charge in [0, 0.05) is 16.6 Å². The molecule has 3 rings (SSSR count). The van der Waals surface area contributed by atoms with Crippen molar-refractivity contribution in [3.63, 3.8) is 0 Å². The molecule has 3 aromatic carbocycles. The third-order valence-electron chi connectivity index (χ3n) is 4.37. The van der Waals surface area contributed by atoms with E-state index in [2.05, 4.69) is 21.2 Å². The van der Waals surface area contributed by atoms with Crippen LogP contribution >= 0.6 is 15.9 Å². The van der Waals surface area contributed by atoms with Gasteiger partial charge < -0.3 is 9.84 Å². The molecule has 0 aromatic heterocycles. The molecule has 0 heterocycles. The number of carbonyl (C=O) groups excluding carboxylic acids is 1. The van der Waals surface area contributed by atoms with E-state index in [-0.39, 0.29) is 18.3 Å². The van der Waals surface area contributed by atoms with E-state index in [0.29, 0.717) is 18.5 Å². The lowest BCUT2D eigenvalue weighted by atomic mass is 10.1. The minimum atomic E-state index is -0.524. The molecular formula is C23H22BrNO3. The predicted octanol–water partition coefficient (Wildman–Crippen LogP) is 4.60. The lowest BCUT2D eigenvalue weighted by molar-refractivity contribution is -0.147. The van der Waals surface area contributed by atoms with Gasteiger partial charge in [-0.2, -0.15) is 0 Å². The number of nitrogens with one attached hydrogen (secondary N) is 1. The third-order valence-corrected chi connectivity index (χ3v) is 4.86. The Hall–Kier alpha value is -2.63. The molecule has 0 aliphatic carbocycles. The van der Waals surface area contributed by atoms with Crippen molar-refractivity contribution in [3.05, 3.63) is 100 Å². The van der Waals surface area contributed by atoms with Gasteiger partial charge in [0.2, 0.25) is 0 Å². The molecular weight excluding hydrogens is 418 g/mol. The van der Waals surface area contributed by atoms with E-state index in [1.165, 1.54) is 0 Å². The van der Waals surface area contributed by atoms with Gasteiger partial charge in [-0.05, 0) is 35.7 Å². The van der Waals surface area contributed by atoms with Crippen molar-refractivity contribution in [2.24, 2.45) is 0 Å². The fourth-order valence-electron chi connectivity index (χ4n) is 2.85. The van der Waals surface area contributed by atoms with Gasteiger partial charge in [-0.1, -0.05) is 76.6 Å². The summed E-state index contributed by atoms with van der Waals surface area (Å²) < 4.78 is 6.40. The van der Waals surface area contributed by atoms with Crippen LogP contribution in [0.3, 0.4) is 0 Å². The fraction of sp³-hybridized carbons (Fsp3) is 0.174. The highest BCUT2D eigenvalue weighted by molar-refractivity contribution is 9.10. The van der Waals surface area contributed by atoms with Crippen molar-refractivity contribution < 1.29 is 14.6 Å². The van der Waals surface area contributed by atoms with Crippen LogP contribution in [0.5, 0.6) is 5.75 Å². The molecule has 0 aliphatic heterocycles.